The van der Waals surface area contributed by atoms with E-state index in [9.17, 15) is 30.8 Å². The van der Waals surface area contributed by atoms with Crippen LogP contribution in [0.1, 0.15) is 31.8 Å². The van der Waals surface area contributed by atoms with Crippen molar-refractivity contribution in [3.63, 3.8) is 0 Å². The number of hydrogen-bond donors (Lipinski definition) is 1. The van der Waals surface area contributed by atoms with E-state index in [1.807, 2.05) is 6.92 Å². The third-order valence-corrected chi connectivity index (χ3v) is 8.20. The zero-order chi connectivity index (χ0) is 27.0. The third-order valence-electron chi connectivity index (χ3n) is 6.19. The summed E-state index contributed by atoms with van der Waals surface area (Å²) in [6, 6.07) is 4.38. The Kier molecular flexibility index (Phi) is 7.24. The maximum atomic E-state index is 13.3. The monoisotopic (exact) mass is 538 g/mol. The fraction of sp³-hybridized carbons (Fsp3) is 0.348. The van der Waals surface area contributed by atoms with Crippen LogP contribution >= 0.6 is 0 Å². The highest BCUT2D eigenvalue weighted by Gasteiger charge is 2.47. The summed E-state index contributed by atoms with van der Waals surface area (Å²) in [5.74, 6) is -2.52. The highest BCUT2D eigenvalue weighted by Crippen LogP contribution is 2.35. The number of amides is 1. The topological polar surface area (TPSA) is 118 Å². The second-order valence-corrected chi connectivity index (χ2v) is 10.5. The standard InChI is InChI=1S/C23H22F4N6O3S/c1-13-7-20(33(14(13)2)37(35,36)18-5-3-16(24)4-6-18)21(34)28-11-17-8-19(32-12-31-17)15-9-29-22(30-10-15)23(25,26)27/h3-6,8-10,12-14,20H,7,11H2,1-2H3,(H,28,34)/t13-,14+,20+/m1/s1. The van der Waals surface area contributed by atoms with E-state index in [0.29, 0.717) is 5.69 Å². The first-order chi connectivity index (χ1) is 17.4. The van der Waals surface area contributed by atoms with E-state index in [1.54, 1.807) is 6.92 Å². The molecule has 0 radical (unpaired) electrons. The molecule has 0 aliphatic carbocycles. The van der Waals surface area contributed by atoms with Crippen molar-refractivity contribution in [3.8, 4) is 11.3 Å². The average molecular weight is 539 g/mol. The van der Waals surface area contributed by atoms with Gasteiger partial charge in [-0.1, -0.05) is 6.92 Å². The summed E-state index contributed by atoms with van der Waals surface area (Å²) in [4.78, 5) is 27.7. The van der Waals surface area contributed by atoms with Crippen molar-refractivity contribution in [1.82, 2.24) is 29.6 Å². The van der Waals surface area contributed by atoms with Crippen LogP contribution in [0.4, 0.5) is 17.6 Å². The van der Waals surface area contributed by atoms with Crippen LogP contribution in [-0.4, -0.2) is 50.6 Å². The van der Waals surface area contributed by atoms with Crippen LogP contribution < -0.4 is 5.32 Å². The number of rotatable bonds is 6. The van der Waals surface area contributed by atoms with Gasteiger partial charge in [0.1, 0.15) is 18.2 Å². The first-order valence-electron chi connectivity index (χ1n) is 11.2. The van der Waals surface area contributed by atoms with Crippen LogP contribution in [0, 0.1) is 11.7 Å². The molecule has 9 nitrogen and oxygen atoms in total. The summed E-state index contributed by atoms with van der Waals surface area (Å²) in [7, 11) is -4.09. The predicted octanol–water partition coefficient (Wildman–Crippen LogP) is 3.20. The van der Waals surface area contributed by atoms with E-state index in [2.05, 4.69) is 25.3 Å². The first-order valence-corrected chi connectivity index (χ1v) is 12.6. The molecule has 3 heterocycles. The van der Waals surface area contributed by atoms with Crippen LogP contribution in [0.15, 0.2) is 53.9 Å². The van der Waals surface area contributed by atoms with Crippen molar-refractivity contribution in [3.05, 3.63) is 66.4 Å². The number of nitrogens with zero attached hydrogens (tertiary/aromatic N) is 5. The molecule has 1 aliphatic rings. The maximum absolute atomic E-state index is 13.3. The Morgan fingerprint density at radius 3 is 2.35 bits per heavy atom. The van der Waals surface area contributed by atoms with E-state index in [1.165, 1.54) is 12.4 Å². The summed E-state index contributed by atoms with van der Waals surface area (Å²) in [5, 5.41) is 2.68. The lowest BCUT2D eigenvalue weighted by atomic mass is 10.0. The molecule has 1 aromatic carbocycles. The SMILES string of the molecule is C[C@@H]1C[C@@H](C(=O)NCc2cc(-c3cnc(C(F)(F)F)nc3)ncn2)N(S(=O)(=O)c2ccc(F)cc2)[C@H]1C. The molecule has 3 aromatic rings. The van der Waals surface area contributed by atoms with Crippen molar-refractivity contribution in [1.29, 1.82) is 0 Å². The number of benzene rings is 1. The van der Waals surface area contributed by atoms with Gasteiger partial charge in [-0.2, -0.15) is 17.5 Å². The molecular weight excluding hydrogens is 516 g/mol. The highest BCUT2D eigenvalue weighted by atomic mass is 32.2. The number of aromatic nitrogens is 4. The molecule has 2 aromatic heterocycles. The van der Waals surface area contributed by atoms with E-state index in [4.69, 9.17) is 0 Å². The summed E-state index contributed by atoms with van der Waals surface area (Å²) in [6.07, 6.45) is -1.24. The molecule has 0 saturated carbocycles. The van der Waals surface area contributed by atoms with E-state index in [-0.39, 0.29) is 35.0 Å². The molecule has 1 saturated heterocycles. The zero-order valence-electron chi connectivity index (χ0n) is 19.6. The van der Waals surface area contributed by atoms with Gasteiger partial charge in [0.2, 0.25) is 21.8 Å². The van der Waals surface area contributed by atoms with E-state index in [0.717, 1.165) is 41.0 Å². The number of carbonyl (C=O) groups excluding carboxylic acids is 1. The van der Waals surface area contributed by atoms with E-state index >= 15 is 0 Å². The van der Waals surface area contributed by atoms with Crippen LogP contribution in [0.25, 0.3) is 11.3 Å². The Morgan fingerprint density at radius 2 is 1.73 bits per heavy atom. The normalized spacial score (nSPS) is 20.6. The lowest BCUT2D eigenvalue weighted by Crippen LogP contribution is -2.48. The second-order valence-electron chi connectivity index (χ2n) is 8.66. The van der Waals surface area contributed by atoms with Crippen LogP contribution in [0.2, 0.25) is 0 Å². The van der Waals surface area contributed by atoms with Gasteiger partial charge in [0.15, 0.2) is 0 Å². The van der Waals surface area contributed by atoms with Crippen LogP contribution in [0.5, 0.6) is 0 Å². The highest BCUT2D eigenvalue weighted by molar-refractivity contribution is 7.89. The number of nitrogens with one attached hydrogen (secondary N) is 1. The number of sulfonamides is 1. The molecule has 0 bridgehead atoms. The van der Waals surface area contributed by atoms with Gasteiger partial charge in [0.05, 0.1) is 22.8 Å². The van der Waals surface area contributed by atoms with Crippen LogP contribution in [-0.2, 0) is 27.5 Å². The summed E-state index contributed by atoms with van der Waals surface area (Å²) >= 11 is 0. The maximum Gasteiger partial charge on any atom is 0.451 e. The predicted molar refractivity (Wildman–Crippen MR) is 122 cm³/mol. The Bertz CT molecular complexity index is 1380. The fourth-order valence-electron chi connectivity index (χ4n) is 4.08. The molecule has 1 aliphatic heterocycles. The molecule has 4 rings (SSSR count). The molecule has 1 N–H and O–H groups in total. The largest absolute Gasteiger partial charge is 0.451 e. The van der Waals surface area contributed by atoms with Gasteiger partial charge in [0, 0.05) is 24.0 Å². The number of carbonyl (C=O) groups is 1. The van der Waals surface area contributed by atoms with Crippen molar-refractivity contribution in [2.24, 2.45) is 5.92 Å². The Morgan fingerprint density at radius 1 is 1.08 bits per heavy atom. The minimum atomic E-state index is -4.67. The van der Waals surface area contributed by atoms with Gasteiger partial charge in [-0.05, 0) is 49.6 Å². The summed E-state index contributed by atoms with van der Waals surface area (Å²) in [6.45, 7) is 3.47. The lowest BCUT2D eigenvalue weighted by molar-refractivity contribution is -0.145. The van der Waals surface area contributed by atoms with Crippen molar-refractivity contribution >= 4 is 15.9 Å². The molecule has 0 unspecified atom stereocenters. The number of alkyl halides is 3. The first kappa shape index (κ1) is 26.5. The minimum absolute atomic E-state index is 0.0838. The Hall–Kier alpha value is -3.52. The summed E-state index contributed by atoms with van der Waals surface area (Å²) in [5.41, 5.74) is 0.805. The Balaban J connectivity index is 1.49. The molecule has 1 fully saturated rings. The lowest BCUT2D eigenvalue weighted by Gasteiger charge is -2.27. The molecule has 196 valence electrons. The van der Waals surface area contributed by atoms with Gasteiger partial charge in [-0.3, -0.25) is 4.79 Å². The Labute approximate surface area is 210 Å². The molecular formula is C23H22F4N6O3S. The van der Waals surface area contributed by atoms with Crippen molar-refractivity contribution in [2.45, 2.75) is 50.0 Å². The van der Waals surface area contributed by atoms with Gasteiger partial charge in [0.25, 0.3) is 0 Å². The third kappa shape index (κ3) is 5.59. The van der Waals surface area contributed by atoms with Gasteiger partial charge in [-0.15, -0.1) is 0 Å². The minimum Gasteiger partial charge on any atom is -0.349 e. The molecule has 3 atom stereocenters. The molecule has 14 heteroatoms. The summed E-state index contributed by atoms with van der Waals surface area (Å²) < 4.78 is 79.2. The average Bonchev–Trinajstić information content (AvgIpc) is 3.17. The smallest absolute Gasteiger partial charge is 0.349 e. The van der Waals surface area contributed by atoms with Gasteiger partial charge >= 0.3 is 6.18 Å². The molecule has 0 spiro atoms. The quantitative estimate of drug-likeness (QED) is 0.479. The fourth-order valence-corrected chi connectivity index (χ4v) is 5.97. The van der Waals surface area contributed by atoms with Crippen molar-refractivity contribution < 1.29 is 30.8 Å². The number of halogens is 4. The van der Waals surface area contributed by atoms with Crippen molar-refractivity contribution in [2.75, 3.05) is 0 Å². The van der Waals surface area contributed by atoms with Gasteiger partial charge < -0.3 is 5.32 Å². The van der Waals surface area contributed by atoms with E-state index < -0.39 is 45.8 Å². The molecule has 37 heavy (non-hydrogen) atoms. The molecule has 1 amide bonds. The second kappa shape index (κ2) is 10.1. The zero-order valence-corrected chi connectivity index (χ0v) is 20.5. The van der Waals surface area contributed by atoms with Gasteiger partial charge in [-0.25, -0.2) is 32.7 Å². The number of hydrogen-bond acceptors (Lipinski definition) is 7. The van der Waals surface area contributed by atoms with Crippen LogP contribution in [0.3, 0.4) is 0 Å².